The summed E-state index contributed by atoms with van der Waals surface area (Å²) in [6, 6.07) is 3.19. The maximum Gasteiger partial charge on any atom is 0.410 e. The molecule has 74 valence electrons. The molecule has 0 saturated carbocycles. The van der Waals surface area contributed by atoms with E-state index in [4.69, 9.17) is 16.7 Å². The van der Waals surface area contributed by atoms with Crippen LogP contribution in [-0.2, 0) is 0 Å². The van der Waals surface area contributed by atoms with Crippen LogP contribution in [0.5, 0.6) is 0 Å². The van der Waals surface area contributed by atoms with Crippen LogP contribution in [0.4, 0.5) is 10.6 Å². The summed E-state index contributed by atoms with van der Waals surface area (Å²) in [4.78, 5) is 14.0. The lowest BCUT2D eigenvalue weighted by Crippen LogP contribution is -2.32. The smallest absolute Gasteiger partial charge is 0.410 e. The van der Waals surface area contributed by atoms with Crippen LogP contribution in [0.3, 0.4) is 0 Å². The minimum atomic E-state index is -1.23. The molecule has 3 N–H and O–H groups in total. The fraction of sp³-hybridized carbons (Fsp3) is 0. The van der Waals surface area contributed by atoms with Crippen LogP contribution in [0.1, 0.15) is 0 Å². The number of pyridine rings is 1. The van der Waals surface area contributed by atoms with E-state index in [1.54, 1.807) is 12.1 Å². The Kier molecular flexibility index (Phi) is 3.61. The molecule has 0 fully saturated rings. The van der Waals surface area contributed by atoms with Gasteiger partial charge in [0.15, 0.2) is 5.11 Å². The van der Waals surface area contributed by atoms with Crippen molar-refractivity contribution in [1.82, 2.24) is 10.3 Å². The number of nitrogens with zero attached hydrogens (tertiary/aromatic N) is 1. The second kappa shape index (κ2) is 4.73. The molecule has 0 aliphatic carbocycles. The molecule has 0 bridgehead atoms. The zero-order valence-corrected chi connectivity index (χ0v) is 8.39. The minimum Gasteiger partial charge on any atom is -0.465 e. The van der Waals surface area contributed by atoms with Gasteiger partial charge >= 0.3 is 6.09 Å². The summed E-state index contributed by atoms with van der Waals surface area (Å²) in [7, 11) is 0. The maximum absolute atomic E-state index is 10.2. The highest BCUT2D eigenvalue weighted by Gasteiger charge is 2.01. The number of amides is 1. The van der Waals surface area contributed by atoms with Gasteiger partial charge in [-0.1, -0.05) is 11.6 Å². The lowest BCUT2D eigenvalue weighted by molar-refractivity contribution is 0.200. The molecule has 0 saturated heterocycles. The third-order valence-electron chi connectivity index (χ3n) is 1.19. The van der Waals surface area contributed by atoms with Gasteiger partial charge in [-0.25, -0.2) is 9.78 Å². The maximum atomic E-state index is 10.2. The highest BCUT2D eigenvalue weighted by molar-refractivity contribution is 7.80. The lowest BCUT2D eigenvalue weighted by atomic mass is 10.5. The number of carbonyl (C=O) groups is 1. The van der Waals surface area contributed by atoms with Crippen LogP contribution in [0.25, 0.3) is 0 Å². The summed E-state index contributed by atoms with van der Waals surface area (Å²) in [6.45, 7) is 0. The number of hydrogen-bond acceptors (Lipinski definition) is 3. The third kappa shape index (κ3) is 3.55. The molecule has 14 heavy (non-hydrogen) atoms. The van der Waals surface area contributed by atoms with Gasteiger partial charge < -0.3 is 10.4 Å². The van der Waals surface area contributed by atoms with Gasteiger partial charge in [0.25, 0.3) is 0 Å². The molecule has 0 unspecified atom stereocenters. The predicted octanol–water partition coefficient (Wildman–Crippen LogP) is 1.70. The third-order valence-corrected chi connectivity index (χ3v) is 1.62. The van der Waals surface area contributed by atoms with Crippen LogP contribution in [0.2, 0.25) is 5.02 Å². The van der Waals surface area contributed by atoms with Gasteiger partial charge in [0.05, 0.1) is 5.02 Å². The summed E-state index contributed by atoms with van der Waals surface area (Å²) in [5.74, 6) is 0.424. The average molecular weight is 232 g/mol. The van der Waals surface area contributed by atoms with Crippen LogP contribution in [0.15, 0.2) is 18.3 Å². The largest absolute Gasteiger partial charge is 0.465 e. The molecule has 0 radical (unpaired) electrons. The number of anilines is 1. The molecule has 5 nitrogen and oxygen atoms in total. The average Bonchev–Trinajstić information content (AvgIpc) is 2.07. The Morgan fingerprint density at radius 3 is 2.79 bits per heavy atom. The van der Waals surface area contributed by atoms with Crippen molar-refractivity contribution in [3.63, 3.8) is 0 Å². The molecule has 7 heteroatoms. The Balaban J connectivity index is 2.56. The molecule has 0 atom stereocenters. The first-order valence-electron chi connectivity index (χ1n) is 3.50. The van der Waals surface area contributed by atoms with E-state index in [2.05, 4.69) is 22.5 Å². The zero-order chi connectivity index (χ0) is 10.6. The fourth-order valence-corrected chi connectivity index (χ4v) is 0.998. The normalized spacial score (nSPS) is 9.21. The molecule has 0 spiro atoms. The van der Waals surface area contributed by atoms with E-state index < -0.39 is 6.09 Å². The molecule has 0 aliphatic rings. The summed E-state index contributed by atoms with van der Waals surface area (Å²) >= 11 is 10.3. The second-order valence-corrected chi connectivity index (χ2v) is 3.09. The van der Waals surface area contributed by atoms with E-state index in [0.717, 1.165) is 0 Å². The van der Waals surface area contributed by atoms with E-state index in [1.165, 1.54) is 6.20 Å². The van der Waals surface area contributed by atoms with Crippen LogP contribution in [-0.4, -0.2) is 21.3 Å². The van der Waals surface area contributed by atoms with E-state index >= 15 is 0 Å². The van der Waals surface area contributed by atoms with Crippen molar-refractivity contribution >= 4 is 40.8 Å². The monoisotopic (exact) mass is 231 g/mol. The molecule has 1 aromatic rings. The van der Waals surface area contributed by atoms with Crippen LogP contribution >= 0.6 is 23.8 Å². The number of aromatic nitrogens is 1. The van der Waals surface area contributed by atoms with Crippen molar-refractivity contribution in [3.05, 3.63) is 23.4 Å². The van der Waals surface area contributed by atoms with Crippen LogP contribution < -0.4 is 10.6 Å². The zero-order valence-electron chi connectivity index (χ0n) is 6.82. The lowest BCUT2D eigenvalue weighted by Gasteiger charge is -2.05. The summed E-state index contributed by atoms with van der Waals surface area (Å²) in [6.07, 6.45) is 0.198. The van der Waals surface area contributed by atoms with E-state index in [-0.39, 0.29) is 5.11 Å². The summed E-state index contributed by atoms with van der Waals surface area (Å²) in [5, 5.41) is 13.3. The highest BCUT2D eigenvalue weighted by atomic mass is 35.5. The molecule has 1 amide bonds. The Hall–Kier alpha value is -1.40. The van der Waals surface area contributed by atoms with E-state index in [0.29, 0.717) is 10.8 Å². The van der Waals surface area contributed by atoms with Gasteiger partial charge in [0, 0.05) is 6.20 Å². The first-order valence-corrected chi connectivity index (χ1v) is 4.29. The first kappa shape index (κ1) is 10.7. The van der Waals surface area contributed by atoms with Crippen molar-refractivity contribution < 1.29 is 9.90 Å². The van der Waals surface area contributed by atoms with Gasteiger partial charge in [-0.3, -0.25) is 5.32 Å². The van der Waals surface area contributed by atoms with Crippen molar-refractivity contribution in [3.8, 4) is 0 Å². The first-order chi connectivity index (χ1) is 6.58. The Bertz CT molecular complexity index is 354. The molecule has 1 heterocycles. The van der Waals surface area contributed by atoms with Crippen molar-refractivity contribution in [1.29, 1.82) is 0 Å². The minimum absolute atomic E-state index is 0.0349. The SMILES string of the molecule is O=C(O)NC(=S)Nc1ccc(Cl)cn1. The number of nitrogens with one attached hydrogen (secondary N) is 2. The number of halogens is 1. The van der Waals surface area contributed by atoms with E-state index in [1.807, 2.05) is 5.32 Å². The molecule has 1 rings (SSSR count). The molecular formula is C7H6ClN3O2S. The Labute approximate surface area is 90.1 Å². The van der Waals surface area contributed by atoms with Gasteiger partial charge in [-0.15, -0.1) is 0 Å². The second-order valence-electron chi connectivity index (χ2n) is 2.25. The van der Waals surface area contributed by atoms with Gasteiger partial charge in [-0.05, 0) is 24.4 Å². The molecule has 0 aromatic carbocycles. The number of thiocarbonyl (C=S) groups is 1. The standard InChI is InChI=1S/C7H6ClN3O2S/c8-4-1-2-5(9-3-4)10-6(14)11-7(12)13/h1-3H,(H,12,13)(H2,9,10,11,14). The van der Waals surface area contributed by atoms with Crippen LogP contribution in [0, 0.1) is 0 Å². The van der Waals surface area contributed by atoms with E-state index in [9.17, 15) is 4.79 Å². The van der Waals surface area contributed by atoms with Crippen molar-refractivity contribution in [2.24, 2.45) is 0 Å². The molecule has 1 aromatic heterocycles. The number of carboxylic acid groups (broad SMARTS) is 1. The van der Waals surface area contributed by atoms with Gasteiger partial charge in [0.1, 0.15) is 5.82 Å². The Morgan fingerprint density at radius 2 is 2.29 bits per heavy atom. The van der Waals surface area contributed by atoms with Gasteiger partial charge in [-0.2, -0.15) is 0 Å². The fourth-order valence-electron chi connectivity index (χ4n) is 0.694. The predicted molar refractivity (Wildman–Crippen MR) is 56.6 cm³/mol. The number of rotatable bonds is 1. The summed E-state index contributed by atoms with van der Waals surface area (Å²) in [5.41, 5.74) is 0. The quantitative estimate of drug-likeness (QED) is 0.642. The highest BCUT2D eigenvalue weighted by Crippen LogP contribution is 2.08. The van der Waals surface area contributed by atoms with Crippen molar-refractivity contribution in [2.75, 3.05) is 5.32 Å². The topological polar surface area (TPSA) is 74.2 Å². The molecular weight excluding hydrogens is 226 g/mol. The summed E-state index contributed by atoms with van der Waals surface area (Å²) < 4.78 is 0. The van der Waals surface area contributed by atoms with Gasteiger partial charge in [0.2, 0.25) is 0 Å². The van der Waals surface area contributed by atoms with Crippen molar-refractivity contribution in [2.45, 2.75) is 0 Å². The number of hydrogen-bond donors (Lipinski definition) is 3. The Morgan fingerprint density at radius 1 is 1.57 bits per heavy atom. The molecule has 0 aliphatic heterocycles.